The highest BCUT2D eigenvalue weighted by Crippen LogP contribution is 2.45. The van der Waals surface area contributed by atoms with E-state index in [1.54, 1.807) is 27.7 Å². The summed E-state index contributed by atoms with van der Waals surface area (Å²) >= 11 is 6.48. The van der Waals surface area contributed by atoms with E-state index < -0.39 is 370 Å². The lowest BCUT2D eigenvalue weighted by Crippen LogP contribution is -2.41. The lowest BCUT2D eigenvalue weighted by Gasteiger charge is -2.32. The Labute approximate surface area is 638 Å². The van der Waals surface area contributed by atoms with E-state index in [4.69, 9.17) is 57.3 Å². The van der Waals surface area contributed by atoms with Crippen molar-refractivity contribution in [3.63, 3.8) is 0 Å². The van der Waals surface area contributed by atoms with Gasteiger partial charge in [-0.05, 0) is 198 Å². The predicted molar refractivity (Wildman–Crippen MR) is 418 cm³/mol. The fraction of sp³-hybridized carbons (Fsp3) is 0.101. The monoisotopic (exact) mass is 1390 g/mol. The Morgan fingerprint density at radius 2 is 0.511 bits per heavy atom. The van der Waals surface area contributed by atoms with Crippen molar-refractivity contribution in [2.24, 2.45) is 0 Å². The molecule has 0 bridgehead atoms. The molecule has 0 aromatic heterocycles. The summed E-state index contributed by atoms with van der Waals surface area (Å²) in [6.45, 7) is 7.12. The van der Waals surface area contributed by atoms with Crippen LogP contribution in [0.25, 0.3) is 153 Å². The van der Waals surface area contributed by atoms with Crippen molar-refractivity contribution in [3.8, 4) is 55.6 Å². The van der Waals surface area contributed by atoms with Gasteiger partial charge in [0, 0.05) is 8.95 Å². The van der Waals surface area contributed by atoms with Crippen molar-refractivity contribution in [2.75, 3.05) is 0 Å². The topological polar surface area (TPSA) is 18.5 Å². The van der Waals surface area contributed by atoms with Gasteiger partial charge in [-0.3, -0.25) is 0 Å². The molecule has 5 heteroatoms. The van der Waals surface area contributed by atoms with Gasteiger partial charge in [0.1, 0.15) is 0 Å². The van der Waals surface area contributed by atoms with Gasteiger partial charge < -0.3 is 9.31 Å². The first kappa shape index (κ1) is 27.9. The number of hydrogen-bond acceptors (Lipinski definition) is 2. The van der Waals surface area contributed by atoms with E-state index >= 15 is 0 Å². The molecule has 0 N–H and O–H groups in total. The van der Waals surface area contributed by atoms with Crippen LogP contribution in [0.2, 0.25) is 0 Å². The van der Waals surface area contributed by atoms with Gasteiger partial charge in [0.2, 0.25) is 0 Å². The van der Waals surface area contributed by atoms with E-state index in [2.05, 4.69) is 31.9 Å². The quantitative estimate of drug-likeness (QED) is 0.122. The second kappa shape index (κ2) is 25.5. The van der Waals surface area contributed by atoms with E-state index in [-0.39, 0.29) is 123 Å². The second-order valence-corrected chi connectivity index (χ2v) is 22.8. The molecule has 94 heavy (non-hydrogen) atoms. The third kappa shape index (κ3) is 11.1. The first-order valence-electron chi connectivity index (χ1n) is 51.8. The third-order valence-electron chi connectivity index (χ3n) is 15.5. The zero-order chi connectivity index (χ0) is 104. The summed E-state index contributed by atoms with van der Waals surface area (Å²) in [5.74, 6) is 0. The van der Waals surface area contributed by atoms with Gasteiger partial charge in [-0.1, -0.05) is 338 Å². The Bertz CT molecular complexity index is 8100. The number of hydrogen-bond donors (Lipinski definition) is 0. The Kier molecular flexibility index (Phi) is 7.54. The molecule has 0 saturated carbocycles. The maximum Gasteiger partial charge on any atom is 0.494 e. The number of rotatable bonds is 6. The summed E-state index contributed by atoms with van der Waals surface area (Å²) in [6.07, 6.45) is 0. The predicted octanol–water partition coefficient (Wildman–Crippen LogP) is 26.4. The highest BCUT2D eigenvalue weighted by atomic mass is 79.9. The van der Waals surface area contributed by atoms with Crippen LogP contribution in [0, 0.1) is 0 Å². The molecule has 1 aliphatic rings. The van der Waals surface area contributed by atoms with Gasteiger partial charge in [-0.15, -0.1) is 0 Å². The Morgan fingerprint density at radius 3 is 0.851 bits per heavy atom. The average Bonchev–Trinajstić information content (AvgIpc) is 1.31. The van der Waals surface area contributed by atoms with Gasteiger partial charge in [0.05, 0.1) is 78.4 Å². The molecule has 458 valence electrons. The summed E-state index contributed by atoms with van der Waals surface area (Å²) in [5.41, 5.74) is -8.57. The fourth-order valence-electron chi connectivity index (χ4n) is 10.3. The summed E-state index contributed by atoms with van der Waals surface area (Å²) in [7, 11) is -1.20. The molecule has 0 aliphatic carbocycles. The third-order valence-corrected chi connectivity index (χ3v) is 16.7. The molecular weight excluding hydrogens is 1270 g/mol. The minimum absolute atomic E-state index is 0. The van der Waals surface area contributed by atoms with Crippen molar-refractivity contribution in [3.05, 3.63) is 305 Å². The molecular formula is C89H73BBr2O2. The van der Waals surface area contributed by atoms with Crippen LogP contribution < -0.4 is 5.46 Å². The molecule has 18 rings (SSSR count). The van der Waals surface area contributed by atoms with Crippen molar-refractivity contribution in [2.45, 2.75) is 61.2 Å². The molecule has 1 saturated heterocycles. The molecule has 17 aromatic rings. The number of fused-ring (bicyclic) bond motifs is 3. The Balaban J connectivity index is 0.000000216. The van der Waals surface area contributed by atoms with Crippen LogP contribution in [0.3, 0.4) is 0 Å². The van der Waals surface area contributed by atoms with Crippen LogP contribution in [0.4, 0.5) is 0 Å². The van der Waals surface area contributed by atoms with Crippen LogP contribution in [0.15, 0.2) is 305 Å². The normalized spacial score (nSPS) is 20.5. The number of halogens is 2. The van der Waals surface area contributed by atoms with Gasteiger partial charge in [-0.25, -0.2) is 0 Å². The summed E-state index contributed by atoms with van der Waals surface area (Å²) in [4.78, 5) is 0. The lowest BCUT2D eigenvalue weighted by atomic mass is 9.78. The van der Waals surface area contributed by atoms with E-state index in [9.17, 15) is 19.2 Å². The first-order chi connectivity index (χ1) is 64.9. The van der Waals surface area contributed by atoms with Crippen LogP contribution in [-0.2, 0) is 9.31 Å². The Morgan fingerprint density at radius 1 is 0.255 bits per heavy atom. The van der Waals surface area contributed by atoms with Crippen molar-refractivity contribution in [1.82, 2.24) is 0 Å². The van der Waals surface area contributed by atoms with Crippen molar-refractivity contribution < 1.29 is 76.5 Å². The molecule has 2 nitrogen and oxygen atoms in total. The highest BCUT2D eigenvalue weighted by Gasteiger charge is 2.51. The standard InChI is InChI=1S/C48H30.C22H23BO2.C16H8Br2.3CH4/c1-3-11-39-31(7-1)9-5-13-41(39)33-15-19-35(20-16-33)43-27-25-37-23-24-38-26-28-44(46-30-29-45(43)47(37)48(38)46)36-21-17-34(18-22-36)42-14-6-10-32-8-2-4-12-40(32)42;1-21(2)22(3,4)25-23(24-21)18-14-12-17(13-15-18)20-11-7-9-16-8-5-6-10-19(16)20;17-13-7-3-9-1-2-10-4-8-14(18)12-6-5-11(13)15(9)16(10)12;;;/h1-30H;5-15H,1-4H3;1-8H;3*1H4/i1D,2D,3D,4D,5D,6D,7D,8D,9D,10D,11D,12D,13D,14D,15D,16D,17D,18D,19D,20D,21D,22D,23D,24D,25D,26D,27D,28D,29D,30D;5D,6D,7D,8D,9D,10D,11D,12D,13D,14D,15D;1D,2D,3D,4D,5D,6D,7D,8D;;;. The van der Waals surface area contributed by atoms with Gasteiger partial charge in [0.15, 0.2) is 0 Å². The molecule has 0 amide bonds. The summed E-state index contributed by atoms with van der Waals surface area (Å²) in [6, 6.07) is -36.0. The number of benzene rings is 17. The van der Waals surface area contributed by atoms with Crippen molar-refractivity contribution >= 4 is 141 Å². The minimum atomic E-state index is -1.20. The van der Waals surface area contributed by atoms with E-state index in [0.717, 1.165) is 0 Å². The van der Waals surface area contributed by atoms with E-state index in [1.165, 1.54) is 0 Å². The van der Waals surface area contributed by atoms with E-state index in [0.29, 0.717) is 10.8 Å². The SMILES string of the molecule is C.C.C.[2H]c1c([2H])c(-c2c([2H])c([2H])c([2H])c3c([2H])c([2H])c([2H])c([2H])c23)c([2H])c([2H])c1B1OC(C)(C)C(C)(C)O1.[2H]c1c([2H])c(-c2c([2H])c([2H])c3c([2H])c([2H])c4c([2H])c([2H])c(-c5c([2H])c([2H])c(-c6c([2H])c([2H])c([2H])c7c([2H])c([2H])c([2H])c([2H])c67)c([2H])c5[2H])c5c([2H])c([2H])c2c3c45)c([2H])c([2H])c1-c1c([2H])c([2H])c([2H])c2c([2H])c([2H])c([2H])c([2H])c12.[2H]c1c([2H])c2c([2H])c([2H])c3c([2H])c([2H])c(Br)c4c([2H])c([2H])c(c1Br)c2c34. The lowest BCUT2D eigenvalue weighted by molar-refractivity contribution is 0.00578. The second-order valence-electron chi connectivity index (χ2n) is 21.3. The molecule has 17 aromatic carbocycles. The first-order valence-corrected chi connectivity index (χ1v) is 28.9. The molecule has 1 aliphatic heterocycles. The smallest absolute Gasteiger partial charge is 0.399 e. The average molecular weight is 1390 g/mol. The van der Waals surface area contributed by atoms with Gasteiger partial charge in [-0.2, -0.15) is 0 Å². The van der Waals surface area contributed by atoms with Crippen LogP contribution in [-0.4, -0.2) is 18.3 Å². The minimum Gasteiger partial charge on any atom is -0.399 e. The Hall–Kier alpha value is -9.46. The van der Waals surface area contributed by atoms with Crippen LogP contribution in [0.5, 0.6) is 0 Å². The maximum absolute atomic E-state index is 9.63. The van der Waals surface area contributed by atoms with Gasteiger partial charge >= 0.3 is 7.12 Å². The zero-order valence-corrected chi connectivity index (χ0v) is 50.3. The molecule has 0 unspecified atom stereocenters. The van der Waals surface area contributed by atoms with Crippen molar-refractivity contribution in [1.29, 1.82) is 0 Å². The molecule has 1 fully saturated rings. The molecule has 0 radical (unpaired) electrons. The van der Waals surface area contributed by atoms with Crippen LogP contribution >= 0.6 is 31.9 Å². The van der Waals surface area contributed by atoms with E-state index in [1.807, 2.05) is 0 Å². The molecule has 0 atom stereocenters. The summed E-state index contributed by atoms with van der Waals surface area (Å²) in [5, 5.41) is -5.16. The van der Waals surface area contributed by atoms with Gasteiger partial charge in [0.25, 0.3) is 0 Å². The summed E-state index contributed by atoms with van der Waals surface area (Å²) < 4.78 is 440. The highest BCUT2D eigenvalue weighted by molar-refractivity contribution is 9.11. The van der Waals surface area contributed by atoms with Crippen LogP contribution in [0.1, 0.15) is 117 Å². The molecule has 1 heterocycles. The maximum atomic E-state index is 9.63. The molecule has 0 spiro atoms. The largest absolute Gasteiger partial charge is 0.494 e. The zero-order valence-electron chi connectivity index (χ0n) is 96.1. The fourth-order valence-corrected chi connectivity index (χ4v) is 11.1.